The summed E-state index contributed by atoms with van der Waals surface area (Å²) in [6.45, 7) is 5.15. The van der Waals surface area contributed by atoms with Crippen LogP contribution in [0.4, 0.5) is 0 Å². The van der Waals surface area contributed by atoms with E-state index in [0.717, 1.165) is 35.5 Å². The van der Waals surface area contributed by atoms with Crippen molar-refractivity contribution in [2.75, 3.05) is 0 Å². The average molecular weight is 259 g/mol. The maximum Gasteiger partial charge on any atom is -0.0303 e. The first-order valence-electron chi connectivity index (χ1n) is 8.98. The van der Waals surface area contributed by atoms with Crippen molar-refractivity contribution in [1.29, 1.82) is 0 Å². The second-order valence-corrected chi connectivity index (χ2v) is 8.84. The minimum atomic E-state index is 0.595. The van der Waals surface area contributed by atoms with Crippen molar-refractivity contribution in [3.63, 3.8) is 0 Å². The SMILES string of the molecule is CC1(C)C[CH]CC2CCC3C4CCCC4CCC3C21. The van der Waals surface area contributed by atoms with Gasteiger partial charge in [-0.15, -0.1) is 0 Å². The van der Waals surface area contributed by atoms with Gasteiger partial charge in [-0.25, -0.2) is 0 Å². The van der Waals surface area contributed by atoms with Crippen LogP contribution in [0.1, 0.15) is 71.6 Å². The first kappa shape index (κ1) is 12.7. The molecule has 6 atom stereocenters. The largest absolute Gasteiger partial charge is 0.0596 e. The van der Waals surface area contributed by atoms with Gasteiger partial charge in [0.2, 0.25) is 0 Å². The van der Waals surface area contributed by atoms with E-state index in [1.54, 1.807) is 44.9 Å². The predicted molar refractivity (Wildman–Crippen MR) is 80.6 cm³/mol. The van der Waals surface area contributed by atoms with Gasteiger partial charge >= 0.3 is 0 Å². The zero-order valence-electron chi connectivity index (χ0n) is 12.9. The Labute approximate surface area is 119 Å². The lowest BCUT2D eigenvalue weighted by molar-refractivity contribution is -0.0670. The van der Waals surface area contributed by atoms with Gasteiger partial charge in [-0.1, -0.05) is 26.7 Å². The van der Waals surface area contributed by atoms with Gasteiger partial charge in [-0.3, -0.25) is 0 Å². The molecule has 0 heteroatoms. The van der Waals surface area contributed by atoms with Crippen molar-refractivity contribution >= 4 is 0 Å². The number of hydrogen-bond donors (Lipinski definition) is 0. The first-order chi connectivity index (χ1) is 9.17. The van der Waals surface area contributed by atoms with E-state index in [9.17, 15) is 0 Å². The van der Waals surface area contributed by atoms with Crippen molar-refractivity contribution in [2.24, 2.45) is 40.9 Å². The van der Waals surface area contributed by atoms with Gasteiger partial charge in [-0.2, -0.15) is 0 Å². The van der Waals surface area contributed by atoms with Gasteiger partial charge < -0.3 is 0 Å². The summed E-state index contributed by atoms with van der Waals surface area (Å²) in [5.74, 6) is 6.60. The molecule has 4 saturated carbocycles. The van der Waals surface area contributed by atoms with Crippen LogP contribution in [-0.2, 0) is 0 Å². The standard InChI is InChI=1S/C19H31/c1-19(2)12-4-6-14-9-10-16-15-7-3-5-13(15)8-11-17(16)18(14)19/h4,13-18H,3,5-12H2,1-2H3. The summed E-state index contributed by atoms with van der Waals surface area (Å²) in [5, 5.41) is 0. The van der Waals surface area contributed by atoms with Gasteiger partial charge in [0.15, 0.2) is 0 Å². The maximum absolute atomic E-state index is 2.61. The van der Waals surface area contributed by atoms with E-state index in [1.165, 1.54) is 12.8 Å². The Kier molecular flexibility index (Phi) is 3.01. The van der Waals surface area contributed by atoms with E-state index in [1.807, 2.05) is 0 Å². The number of rotatable bonds is 0. The molecule has 4 rings (SSSR count). The molecule has 6 unspecified atom stereocenters. The zero-order chi connectivity index (χ0) is 13.0. The Morgan fingerprint density at radius 3 is 2.47 bits per heavy atom. The third-order valence-electron chi connectivity index (χ3n) is 7.57. The van der Waals surface area contributed by atoms with Crippen LogP contribution in [0.2, 0.25) is 0 Å². The lowest BCUT2D eigenvalue weighted by Gasteiger charge is -2.57. The summed E-state index contributed by atoms with van der Waals surface area (Å²) in [6.07, 6.45) is 16.4. The summed E-state index contributed by atoms with van der Waals surface area (Å²) in [6, 6.07) is 0. The second kappa shape index (κ2) is 4.50. The fourth-order valence-corrected chi connectivity index (χ4v) is 7.02. The van der Waals surface area contributed by atoms with Crippen molar-refractivity contribution in [1.82, 2.24) is 0 Å². The molecule has 0 aromatic carbocycles. The van der Waals surface area contributed by atoms with E-state index in [-0.39, 0.29) is 0 Å². The molecule has 4 aliphatic carbocycles. The molecule has 0 aliphatic heterocycles. The molecule has 0 amide bonds. The molecule has 0 spiro atoms. The van der Waals surface area contributed by atoms with Crippen LogP contribution in [-0.4, -0.2) is 0 Å². The Morgan fingerprint density at radius 1 is 0.789 bits per heavy atom. The molecule has 0 saturated heterocycles. The fraction of sp³-hybridized carbons (Fsp3) is 0.947. The molecule has 0 aromatic rings. The highest BCUT2D eigenvalue weighted by Gasteiger charge is 2.52. The molecule has 0 bridgehead atoms. The van der Waals surface area contributed by atoms with Gasteiger partial charge in [0.05, 0.1) is 0 Å². The molecule has 19 heavy (non-hydrogen) atoms. The summed E-state index contributed by atoms with van der Waals surface area (Å²) in [4.78, 5) is 0. The Bertz CT molecular complexity index is 342. The van der Waals surface area contributed by atoms with Crippen LogP contribution >= 0.6 is 0 Å². The lowest BCUT2D eigenvalue weighted by atomic mass is 9.48. The van der Waals surface area contributed by atoms with Crippen molar-refractivity contribution < 1.29 is 0 Å². The third kappa shape index (κ3) is 1.92. The first-order valence-corrected chi connectivity index (χ1v) is 8.98. The molecule has 0 N–H and O–H groups in total. The van der Waals surface area contributed by atoms with Crippen LogP contribution in [0, 0.1) is 47.3 Å². The molecule has 1 radical (unpaired) electrons. The topological polar surface area (TPSA) is 0 Å². The Balaban J connectivity index is 1.62. The van der Waals surface area contributed by atoms with Crippen LogP contribution in [0.5, 0.6) is 0 Å². The van der Waals surface area contributed by atoms with E-state index < -0.39 is 0 Å². The second-order valence-electron chi connectivity index (χ2n) is 8.84. The predicted octanol–water partition coefficient (Wildman–Crippen LogP) is 5.48. The highest BCUT2D eigenvalue weighted by atomic mass is 14.6. The van der Waals surface area contributed by atoms with Crippen molar-refractivity contribution in [2.45, 2.75) is 71.6 Å². The summed E-state index contributed by atoms with van der Waals surface area (Å²) < 4.78 is 0. The minimum absolute atomic E-state index is 0.595. The van der Waals surface area contributed by atoms with Gasteiger partial charge in [0, 0.05) is 0 Å². The van der Waals surface area contributed by atoms with Crippen LogP contribution in [0.3, 0.4) is 0 Å². The van der Waals surface area contributed by atoms with E-state index in [0.29, 0.717) is 5.41 Å². The summed E-state index contributed by atoms with van der Waals surface area (Å²) >= 11 is 0. The quantitative estimate of drug-likeness (QED) is 0.540. The molecule has 0 heterocycles. The van der Waals surface area contributed by atoms with Crippen LogP contribution in [0.25, 0.3) is 0 Å². The van der Waals surface area contributed by atoms with E-state index >= 15 is 0 Å². The van der Waals surface area contributed by atoms with Gasteiger partial charge in [-0.05, 0) is 92.3 Å². The average Bonchev–Trinajstić information content (AvgIpc) is 2.85. The summed E-state index contributed by atoms with van der Waals surface area (Å²) in [5.41, 5.74) is 0.595. The molecule has 4 fully saturated rings. The lowest BCUT2D eigenvalue weighted by Crippen LogP contribution is -2.49. The van der Waals surface area contributed by atoms with Gasteiger partial charge in [0.25, 0.3) is 0 Å². The molecule has 0 aromatic heterocycles. The van der Waals surface area contributed by atoms with Gasteiger partial charge in [0.1, 0.15) is 0 Å². The highest BCUT2D eigenvalue weighted by molar-refractivity contribution is 5.05. The van der Waals surface area contributed by atoms with E-state index in [4.69, 9.17) is 0 Å². The minimum Gasteiger partial charge on any atom is -0.0596 e. The molecule has 0 nitrogen and oxygen atoms in total. The molecule has 4 aliphatic rings. The normalized spacial score (nSPS) is 52.1. The molecule has 107 valence electrons. The van der Waals surface area contributed by atoms with E-state index in [2.05, 4.69) is 20.3 Å². The summed E-state index contributed by atoms with van der Waals surface area (Å²) in [7, 11) is 0. The van der Waals surface area contributed by atoms with Crippen molar-refractivity contribution in [3.05, 3.63) is 6.42 Å². The molecular weight excluding hydrogens is 228 g/mol. The Hall–Kier alpha value is 0. The fourth-order valence-electron chi connectivity index (χ4n) is 7.02. The monoisotopic (exact) mass is 259 g/mol. The molecular formula is C19H31. The number of hydrogen-bond acceptors (Lipinski definition) is 0. The van der Waals surface area contributed by atoms with Crippen LogP contribution in [0.15, 0.2) is 0 Å². The maximum atomic E-state index is 2.61. The highest BCUT2D eigenvalue weighted by Crippen LogP contribution is 2.61. The number of fused-ring (bicyclic) bond motifs is 5. The van der Waals surface area contributed by atoms with Crippen molar-refractivity contribution in [3.8, 4) is 0 Å². The zero-order valence-corrected chi connectivity index (χ0v) is 12.9. The third-order valence-corrected chi connectivity index (χ3v) is 7.57. The van der Waals surface area contributed by atoms with Crippen LogP contribution < -0.4 is 0 Å². The Morgan fingerprint density at radius 2 is 1.58 bits per heavy atom. The smallest absolute Gasteiger partial charge is 0.0303 e.